The highest BCUT2D eigenvalue weighted by molar-refractivity contribution is 5.85. The summed E-state index contributed by atoms with van der Waals surface area (Å²) in [7, 11) is 0. The van der Waals surface area contributed by atoms with E-state index in [0.29, 0.717) is 6.54 Å². The number of aryl methyl sites for hydroxylation is 1. The quantitative estimate of drug-likeness (QED) is 0.811. The van der Waals surface area contributed by atoms with Gasteiger partial charge >= 0.3 is 0 Å². The third-order valence-electron chi connectivity index (χ3n) is 4.05. The van der Waals surface area contributed by atoms with Crippen LogP contribution in [0.3, 0.4) is 0 Å². The van der Waals surface area contributed by atoms with Crippen molar-refractivity contribution in [3.63, 3.8) is 0 Å². The molecule has 2 heterocycles. The molecule has 19 heavy (non-hydrogen) atoms. The molecule has 0 bridgehead atoms. The lowest BCUT2D eigenvalue weighted by atomic mass is 10.1. The summed E-state index contributed by atoms with van der Waals surface area (Å²) in [4.78, 5) is 14.3. The average Bonchev–Trinajstić information content (AvgIpc) is 2.84. The van der Waals surface area contributed by atoms with E-state index in [4.69, 9.17) is 0 Å². The van der Waals surface area contributed by atoms with Gasteiger partial charge in [-0.15, -0.1) is 0 Å². The maximum absolute atomic E-state index is 12.3. The largest absolute Gasteiger partial charge is 0.341 e. The normalized spacial score (nSPS) is 15.9. The Kier molecular flexibility index (Phi) is 3.28. The zero-order chi connectivity index (χ0) is 13.2. The Bertz CT molecular complexity index is 594. The van der Waals surface area contributed by atoms with Crippen molar-refractivity contribution < 1.29 is 4.79 Å². The predicted octanol–water partition coefficient (Wildman–Crippen LogP) is 2.96. The Balaban J connectivity index is 1.81. The number of rotatable bonds is 2. The second kappa shape index (κ2) is 5.08. The SMILES string of the molecule is Cc1cccc2c1ccn2CC(=O)N1CCCCC1. The van der Waals surface area contributed by atoms with E-state index in [1.165, 1.54) is 17.4 Å². The van der Waals surface area contributed by atoms with Crippen molar-refractivity contribution in [3.8, 4) is 0 Å². The summed E-state index contributed by atoms with van der Waals surface area (Å²) in [5.41, 5.74) is 2.42. The van der Waals surface area contributed by atoms with Crippen LogP contribution in [0.5, 0.6) is 0 Å². The van der Waals surface area contributed by atoms with E-state index in [9.17, 15) is 4.79 Å². The Hall–Kier alpha value is -1.77. The van der Waals surface area contributed by atoms with Gasteiger partial charge in [0, 0.05) is 30.2 Å². The van der Waals surface area contributed by atoms with Crippen molar-refractivity contribution in [2.45, 2.75) is 32.7 Å². The van der Waals surface area contributed by atoms with E-state index in [1.807, 2.05) is 11.1 Å². The average molecular weight is 256 g/mol. The molecule has 1 fully saturated rings. The molecule has 3 heteroatoms. The summed E-state index contributed by atoms with van der Waals surface area (Å²) in [6.45, 7) is 4.43. The molecular formula is C16H20N2O. The highest BCUT2D eigenvalue weighted by atomic mass is 16.2. The van der Waals surface area contributed by atoms with E-state index in [-0.39, 0.29) is 5.91 Å². The van der Waals surface area contributed by atoms with Gasteiger partial charge in [0.1, 0.15) is 6.54 Å². The standard InChI is InChI=1S/C16H20N2O/c1-13-6-5-7-15-14(13)8-11-18(15)12-16(19)17-9-3-2-4-10-17/h5-8,11H,2-4,9-10,12H2,1H3. The Morgan fingerprint density at radius 1 is 1.16 bits per heavy atom. The van der Waals surface area contributed by atoms with Gasteiger partial charge < -0.3 is 9.47 Å². The first-order valence-electron chi connectivity index (χ1n) is 7.08. The summed E-state index contributed by atoms with van der Waals surface area (Å²) >= 11 is 0. The zero-order valence-electron chi connectivity index (χ0n) is 11.4. The number of nitrogens with zero attached hydrogens (tertiary/aromatic N) is 2. The molecule has 0 atom stereocenters. The molecule has 0 radical (unpaired) electrons. The monoisotopic (exact) mass is 256 g/mol. The minimum atomic E-state index is 0.249. The zero-order valence-corrected chi connectivity index (χ0v) is 11.4. The third-order valence-corrected chi connectivity index (χ3v) is 4.05. The number of benzene rings is 1. The number of hydrogen-bond acceptors (Lipinski definition) is 1. The van der Waals surface area contributed by atoms with Gasteiger partial charge in [-0.05, 0) is 43.9 Å². The van der Waals surface area contributed by atoms with E-state index in [1.54, 1.807) is 0 Å². The maximum Gasteiger partial charge on any atom is 0.242 e. The fourth-order valence-electron chi connectivity index (χ4n) is 2.90. The highest BCUT2D eigenvalue weighted by Crippen LogP contribution is 2.20. The molecule has 3 rings (SSSR count). The molecule has 1 aromatic carbocycles. The third kappa shape index (κ3) is 2.37. The molecule has 1 amide bonds. The summed E-state index contributed by atoms with van der Waals surface area (Å²) in [5, 5.41) is 1.24. The topological polar surface area (TPSA) is 25.2 Å². The summed E-state index contributed by atoms with van der Waals surface area (Å²) < 4.78 is 2.07. The van der Waals surface area contributed by atoms with Gasteiger partial charge in [0.25, 0.3) is 0 Å². The number of carbonyl (C=O) groups is 1. The van der Waals surface area contributed by atoms with Crippen LogP contribution in [0.2, 0.25) is 0 Å². The van der Waals surface area contributed by atoms with Crippen LogP contribution in [0.1, 0.15) is 24.8 Å². The minimum Gasteiger partial charge on any atom is -0.341 e. The van der Waals surface area contributed by atoms with Crippen LogP contribution >= 0.6 is 0 Å². The fourth-order valence-corrected chi connectivity index (χ4v) is 2.90. The van der Waals surface area contributed by atoms with Gasteiger partial charge in [-0.3, -0.25) is 4.79 Å². The molecule has 1 aliphatic rings. The first kappa shape index (κ1) is 12.3. The van der Waals surface area contributed by atoms with Crippen LogP contribution in [0.4, 0.5) is 0 Å². The molecule has 1 aliphatic heterocycles. The van der Waals surface area contributed by atoms with E-state index < -0.39 is 0 Å². The van der Waals surface area contributed by atoms with E-state index >= 15 is 0 Å². The fraction of sp³-hybridized carbons (Fsp3) is 0.438. The number of fused-ring (bicyclic) bond motifs is 1. The van der Waals surface area contributed by atoms with Crippen molar-refractivity contribution in [2.75, 3.05) is 13.1 Å². The second-order valence-corrected chi connectivity index (χ2v) is 5.39. The lowest BCUT2D eigenvalue weighted by molar-refractivity contribution is -0.132. The van der Waals surface area contributed by atoms with Crippen molar-refractivity contribution in [1.82, 2.24) is 9.47 Å². The molecule has 0 saturated carbocycles. The van der Waals surface area contributed by atoms with Crippen molar-refractivity contribution >= 4 is 16.8 Å². The molecular weight excluding hydrogens is 236 g/mol. The van der Waals surface area contributed by atoms with Crippen LogP contribution in [-0.2, 0) is 11.3 Å². The number of likely N-dealkylation sites (tertiary alicyclic amines) is 1. The van der Waals surface area contributed by atoms with Gasteiger partial charge in [-0.2, -0.15) is 0 Å². The smallest absolute Gasteiger partial charge is 0.242 e. The molecule has 0 aliphatic carbocycles. The first-order valence-corrected chi connectivity index (χ1v) is 7.08. The Morgan fingerprint density at radius 3 is 2.74 bits per heavy atom. The predicted molar refractivity (Wildman–Crippen MR) is 77.1 cm³/mol. The Labute approximate surface area is 113 Å². The first-order chi connectivity index (χ1) is 9.25. The van der Waals surface area contributed by atoms with Crippen molar-refractivity contribution in [3.05, 3.63) is 36.0 Å². The molecule has 0 spiro atoms. The van der Waals surface area contributed by atoms with Crippen LogP contribution in [0.15, 0.2) is 30.5 Å². The number of carbonyl (C=O) groups excluding carboxylic acids is 1. The summed E-state index contributed by atoms with van der Waals surface area (Å²) in [6.07, 6.45) is 5.59. The lowest BCUT2D eigenvalue weighted by Gasteiger charge is -2.27. The van der Waals surface area contributed by atoms with Crippen molar-refractivity contribution in [1.29, 1.82) is 0 Å². The number of aromatic nitrogens is 1. The molecule has 0 unspecified atom stereocenters. The van der Waals surface area contributed by atoms with Crippen LogP contribution in [0.25, 0.3) is 10.9 Å². The van der Waals surface area contributed by atoms with Crippen LogP contribution in [0, 0.1) is 6.92 Å². The van der Waals surface area contributed by atoms with E-state index in [2.05, 4.69) is 35.8 Å². The number of hydrogen-bond donors (Lipinski definition) is 0. The lowest BCUT2D eigenvalue weighted by Crippen LogP contribution is -2.37. The molecule has 0 N–H and O–H groups in total. The van der Waals surface area contributed by atoms with Gasteiger partial charge in [0.2, 0.25) is 5.91 Å². The number of amides is 1. The van der Waals surface area contributed by atoms with Gasteiger partial charge in [0.05, 0.1) is 0 Å². The molecule has 1 saturated heterocycles. The summed E-state index contributed by atoms with van der Waals surface area (Å²) in [5.74, 6) is 0.249. The minimum absolute atomic E-state index is 0.249. The van der Waals surface area contributed by atoms with E-state index in [0.717, 1.165) is 31.4 Å². The molecule has 100 valence electrons. The van der Waals surface area contributed by atoms with Gasteiger partial charge in [-0.25, -0.2) is 0 Å². The van der Waals surface area contributed by atoms with Crippen LogP contribution < -0.4 is 0 Å². The molecule has 1 aromatic heterocycles. The van der Waals surface area contributed by atoms with Gasteiger partial charge in [-0.1, -0.05) is 12.1 Å². The van der Waals surface area contributed by atoms with Crippen LogP contribution in [-0.4, -0.2) is 28.5 Å². The van der Waals surface area contributed by atoms with Crippen molar-refractivity contribution in [2.24, 2.45) is 0 Å². The maximum atomic E-state index is 12.3. The highest BCUT2D eigenvalue weighted by Gasteiger charge is 2.17. The van der Waals surface area contributed by atoms with Gasteiger partial charge in [0.15, 0.2) is 0 Å². The molecule has 2 aromatic rings. The second-order valence-electron chi connectivity index (χ2n) is 5.39. The number of piperidine rings is 1. The molecule has 3 nitrogen and oxygen atoms in total. The Morgan fingerprint density at radius 2 is 1.95 bits per heavy atom. The summed E-state index contributed by atoms with van der Waals surface area (Å²) in [6, 6.07) is 8.36.